The van der Waals surface area contributed by atoms with Crippen LogP contribution in [0.5, 0.6) is 0 Å². The zero-order chi connectivity index (χ0) is 26.1. The molecule has 4 rings (SSSR count). The minimum absolute atomic E-state index is 0.144. The maximum atomic E-state index is 8.53. The Morgan fingerprint density at radius 1 is 1.28 bits per heavy atom. The van der Waals surface area contributed by atoms with Crippen molar-refractivity contribution in [3.05, 3.63) is 28.6 Å². The number of pyridine rings is 1. The lowest BCUT2D eigenvalue weighted by Crippen LogP contribution is -2.48. The molecule has 8 heteroatoms. The SMILES string of the molecule is CNc1nc(C)cc(N2CCC(NCC34CCC(NCC(C)(C)OC)(CC3)C4)=C(C(C)=N)C2)c1C=N. The van der Waals surface area contributed by atoms with Crippen LogP contribution in [0.3, 0.4) is 0 Å². The monoisotopic (exact) mass is 495 g/mol. The molecule has 1 aromatic rings. The number of nitrogens with one attached hydrogen (secondary N) is 5. The fourth-order valence-corrected chi connectivity index (χ4v) is 6.34. The van der Waals surface area contributed by atoms with E-state index in [4.69, 9.17) is 15.6 Å². The molecule has 0 aromatic carbocycles. The normalized spacial score (nSPS) is 25.9. The standard InChI is InChI=1S/C28H45N7O/c1-19-13-24(21(14-29)25(31-5)34-19)35-12-7-23(22(15-35)20(2)30)32-18-27-8-10-28(16-27,11-9-27)33-17-26(3,4)36-6/h13-14,29-30,32-33H,7-12,15-18H2,1-6H3,(H,31,34). The van der Waals surface area contributed by atoms with Crippen LogP contribution in [0, 0.1) is 23.2 Å². The van der Waals surface area contributed by atoms with Gasteiger partial charge < -0.3 is 36.4 Å². The molecule has 8 nitrogen and oxygen atoms in total. The van der Waals surface area contributed by atoms with Gasteiger partial charge in [-0.3, -0.25) is 0 Å². The van der Waals surface area contributed by atoms with Crippen molar-refractivity contribution in [2.45, 2.75) is 77.4 Å². The molecule has 2 fully saturated rings. The van der Waals surface area contributed by atoms with Crippen LogP contribution in [0.2, 0.25) is 0 Å². The van der Waals surface area contributed by atoms with Crippen molar-refractivity contribution in [1.29, 1.82) is 10.8 Å². The minimum atomic E-state index is -0.144. The van der Waals surface area contributed by atoms with E-state index < -0.39 is 0 Å². The number of ether oxygens (including phenoxy) is 1. The second-order valence-electron chi connectivity index (χ2n) is 11.8. The summed E-state index contributed by atoms with van der Waals surface area (Å²) in [7, 11) is 3.64. The number of methoxy groups -OCH3 is 1. The number of rotatable bonds is 11. The summed E-state index contributed by atoms with van der Waals surface area (Å²) in [6.45, 7) is 11.6. The second kappa shape index (κ2) is 10.1. The summed E-state index contributed by atoms with van der Waals surface area (Å²) >= 11 is 0. The largest absolute Gasteiger partial charge is 0.387 e. The molecular weight excluding hydrogens is 450 g/mol. The molecule has 3 aliphatic rings. The maximum Gasteiger partial charge on any atom is 0.136 e. The third-order valence-electron chi connectivity index (χ3n) is 8.78. The zero-order valence-corrected chi connectivity index (χ0v) is 23.0. The van der Waals surface area contributed by atoms with E-state index in [2.05, 4.69) is 45.7 Å². The molecule has 5 N–H and O–H groups in total. The van der Waals surface area contributed by atoms with E-state index in [0.717, 1.165) is 54.4 Å². The maximum absolute atomic E-state index is 8.53. The average Bonchev–Trinajstić information content (AvgIpc) is 3.42. The number of hydrogen-bond donors (Lipinski definition) is 5. The van der Waals surface area contributed by atoms with Gasteiger partial charge in [0, 0.05) is 81.2 Å². The lowest BCUT2D eigenvalue weighted by atomic mass is 9.83. The third kappa shape index (κ3) is 5.30. The quantitative estimate of drug-likeness (QED) is 0.294. The predicted molar refractivity (Wildman–Crippen MR) is 149 cm³/mol. The topological polar surface area (TPSA) is 109 Å². The zero-order valence-electron chi connectivity index (χ0n) is 23.0. The molecule has 0 atom stereocenters. The third-order valence-corrected chi connectivity index (χ3v) is 8.78. The van der Waals surface area contributed by atoms with Crippen molar-refractivity contribution in [2.24, 2.45) is 5.41 Å². The summed E-state index contributed by atoms with van der Waals surface area (Å²) in [5, 5.41) is 27.4. The summed E-state index contributed by atoms with van der Waals surface area (Å²) in [6, 6.07) is 2.06. The summed E-state index contributed by atoms with van der Waals surface area (Å²) in [5.74, 6) is 0.730. The van der Waals surface area contributed by atoms with Gasteiger partial charge in [-0.1, -0.05) is 0 Å². The highest BCUT2D eigenvalue weighted by molar-refractivity contribution is 5.98. The Morgan fingerprint density at radius 2 is 2.00 bits per heavy atom. The van der Waals surface area contributed by atoms with Crippen LogP contribution in [-0.2, 0) is 4.74 Å². The summed E-state index contributed by atoms with van der Waals surface area (Å²) < 4.78 is 5.64. The molecule has 2 saturated carbocycles. The Morgan fingerprint density at radius 3 is 2.61 bits per heavy atom. The number of anilines is 2. The number of nitrogens with zero attached hydrogens (tertiary/aromatic N) is 2. The number of aryl methyl sites for hydroxylation is 1. The predicted octanol–water partition coefficient (Wildman–Crippen LogP) is 4.24. The van der Waals surface area contributed by atoms with Gasteiger partial charge in [0.05, 0.1) is 16.9 Å². The molecular formula is C28H45N7O. The van der Waals surface area contributed by atoms with Crippen LogP contribution >= 0.6 is 0 Å². The Hall–Kier alpha value is -2.45. The highest BCUT2D eigenvalue weighted by atomic mass is 16.5. The van der Waals surface area contributed by atoms with E-state index in [0.29, 0.717) is 17.7 Å². The Balaban J connectivity index is 1.46. The number of fused-ring (bicyclic) bond motifs is 2. The van der Waals surface area contributed by atoms with Gasteiger partial charge in [-0.05, 0) is 71.3 Å². The van der Waals surface area contributed by atoms with Crippen LogP contribution in [0.25, 0.3) is 0 Å². The van der Waals surface area contributed by atoms with Crippen molar-refractivity contribution >= 4 is 23.4 Å². The molecule has 0 unspecified atom stereocenters. The fourth-order valence-electron chi connectivity index (χ4n) is 6.34. The lowest BCUT2D eigenvalue weighted by molar-refractivity contribution is 0.0164. The molecule has 2 bridgehead atoms. The van der Waals surface area contributed by atoms with Crippen LogP contribution in [0.4, 0.5) is 11.5 Å². The van der Waals surface area contributed by atoms with Crippen molar-refractivity contribution in [2.75, 3.05) is 50.6 Å². The molecule has 0 saturated heterocycles. The van der Waals surface area contributed by atoms with Gasteiger partial charge in [-0.15, -0.1) is 0 Å². The first-order valence-corrected chi connectivity index (χ1v) is 13.3. The lowest BCUT2D eigenvalue weighted by Gasteiger charge is -2.36. The van der Waals surface area contributed by atoms with Crippen molar-refractivity contribution in [3.63, 3.8) is 0 Å². The molecule has 198 valence electrons. The van der Waals surface area contributed by atoms with Gasteiger partial charge in [-0.2, -0.15) is 0 Å². The summed E-state index contributed by atoms with van der Waals surface area (Å²) in [4.78, 5) is 6.85. The Bertz CT molecular complexity index is 1040. The van der Waals surface area contributed by atoms with E-state index in [1.807, 2.05) is 20.9 Å². The van der Waals surface area contributed by atoms with E-state index in [1.165, 1.54) is 44.0 Å². The summed E-state index contributed by atoms with van der Waals surface area (Å²) in [6.07, 6.45) is 8.46. The summed E-state index contributed by atoms with van der Waals surface area (Å²) in [5.41, 5.74) is 6.11. The van der Waals surface area contributed by atoms with Gasteiger partial charge in [0.1, 0.15) is 5.82 Å². The van der Waals surface area contributed by atoms with Crippen molar-refractivity contribution < 1.29 is 4.74 Å². The van der Waals surface area contributed by atoms with Crippen LogP contribution in [0.15, 0.2) is 17.3 Å². The van der Waals surface area contributed by atoms with E-state index in [9.17, 15) is 0 Å². The van der Waals surface area contributed by atoms with E-state index in [-0.39, 0.29) is 11.1 Å². The van der Waals surface area contributed by atoms with Gasteiger partial charge in [0.2, 0.25) is 0 Å². The van der Waals surface area contributed by atoms with Crippen molar-refractivity contribution in [1.82, 2.24) is 15.6 Å². The first-order chi connectivity index (χ1) is 17.0. The Kier molecular flexibility index (Phi) is 7.49. The van der Waals surface area contributed by atoms with Crippen molar-refractivity contribution in [3.8, 4) is 0 Å². The van der Waals surface area contributed by atoms with Gasteiger partial charge in [-0.25, -0.2) is 4.98 Å². The molecule has 1 aromatic heterocycles. The molecule has 1 aliphatic heterocycles. The molecule has 0 radical (unpaired) electrons. The average molecular weight is 496 g/mol. The smallest absolute Gasteiger partial charge is 0.136 e. The molecule has 2 aliphatic carbocycles. The highest BCUT2D eigenvalue weighted by Crippen LogP contribution is 2.56. The molecule has 0 spiro atoms. The first kappa shape index (κ1) is 26.6. The fraction of sp³-hybridized carbons (Fsp3) is 0.679. The van der Waals surface area contributed by atoms with Gasteiger partial charge >= 0.3 is 0 Å². The van der Waals surface area contributed by atoms with Crippen LogP contribution < -0.4 is 20.9 Å². The minimum Gasteiger partial charge on any atom is -0.387 e. The molecule has 36 heavy (non-hydrogen) atoms. The first-order valence-electron chi connectivity index (χ1n) is 13.3. The molecule has 0 amide bonds. The molecule has 2 heterocycles. The number of aromatic nitrogens is 1. The van der Waals surface area contributed by atoms with E-state index in [1.54, 1.807) is 7.11 Å². The van der Waals surface area contributed by atoms with Crippen LogP contribution in [0.1, 0.15) is 70.6 Å². The van der Waals surface area contributed by atoms with Crippen LogP contribution in [-0.4, -0.2) is 68.4 Å². The Labute approximate surface area is 216 Å². The van der Waals surface area contributed by atoms with Gasteiger partial charge in [0.25, 0.3) is 0 Å². The number of hydrogen-bond acceptors (Lipinski definition) is 8. The highest BCUT2D eigenvalue weighted by Gasteiger charge is 2.54. The second-order valence-corrected chi connectivity index (χ2v) is 11.8. The van der Waals surface area contributed by atoms with Gasteiger partial charge in [0.15, 0.2) is 0 Å². The van der Waals surface area contributed by atoms with E-state index >= 15 is 0 Å².